The summed E-state index contributed by atoms with van der Waals surface area (Å²) in [5.74, 6) is -2.37. The monoisotopic (exact) mass is 597 g/mol. The summed E-state index contributed by atoms with van der Waals surface area (Å²) >= 11 is 1.29. The number of nitrogens with zero attached hydrogens (tertiary/aromatic N) is 1. The number of aryl methyl sites for hydroxylation is 1. The minimum atomic E-state index is -1.02. The highest BCUT2D eigenvalue weighted by atomic mass is 32.1. The Morgan fingerprint density at radius 2 is 1.77 bits per heavy atom. The fourth-order valence-electron chi connectivity index (χ4n) is 4.97. The molecule has 1 heterocycles. The summed E-state index contributed by atoms with van der Waals surface area (Å²) in [4.78, 5) is 52.2. The van der Waals surface area contributed by atoms with Crippen LogP contribution in [0.1, 0.15) is 62.6 Å². The number of amides is 2. The highest BCUT2D eigenvalue weighted by Gasteiger charge is 2.30. The molecule has 1 aromatic heterocycles. The van der Waals surface area contributed by atoms with Crippen LogP contribution in [-0.4, -0.2) is 36.6 Å². The Kier molecular flexibility index (Phi) is 8.96. The van der Waals surface area contributed by atoms with Gasteiger partial charge >= 0.3 is 23.8 Å². The number of anilines is 1. The van der Waals surface area contributed by atoms with Crippen molar-refractivity contribution in [3.05, 3.63) is 93.4 Å². The summed E-state index contributed by atoms with van der Waals surface area (Å²) in [6, 6.07) is 17.9. The first kappa shape index (κ1) is 29.7. The van der Waals surface area contributed by atoms with E-state index < -0.39 is 23.8 Å². The minimum absolute atomic E-state index is 0.193. The molecule has 4 aromatic rings. The van der Waals surface area contributed by atoms with Crippen molar-refractivity contribution in [3.63, 3.8) is 0 Å². The second kappa shape index (κ2) is 13.0. The van der Waals surface area contributed by atoms with Gasteiger partial charge in [-0.2, -0.15) is 5.10 Å². The second-order valence-electron chi connectivity index (χ2n) is 10.4. The molecule has 9 nitrogen and oxygen atoms in total. The largest absolute Gasteiger partial charge is 0.462 e. The van der Waals surface area contributed by atoms with Gasteiger partial charge in [-0.3, -0.25) is 9.59 Å². The standard InChI is InChI=1S/C33H31N3O6S/c1-4-41-33(40)28-24-15-11-20(3)17-27(24)43-31(28)35-29(37)30(38)36-34-18-25-23-8-6-5-7-21(23)14-16-26(25)42-32(39)22-12-9-19(2)10-13-22/h5-10,12-14,16,18,20H,4,11,15,17H2,1-3H3,(H,35,37)(H,36,38). The topological polar surface area (TPSA) is 123 Å². The van der Waals surface area contributed by atoms with E-state index in [1.54, 1.807) is 25.1 Å². The molecule has 0 fully saturated rings. The van der Waals surface area contributed by atoms with Gasteiger partial charge in [0, 0.05) is 10.4 Å². The maximum atomic E-state index is 12.9. The number of rotatable bonds is 7. The summed E-state index contributed by atoms with van der Waals surface area (Å²) in [5, 5.41) is 8.48. The molecule has 1 unspecified atom stereocenters. The zero-order chi connectivity index (χ0) is 30.5. The van der Waals surface area contributed by atoms with Crippen molar-refractivity contribution in [1.82, 2.24) is 5.43 Å². The first-order chi connectivity index (χ1) is 20.7. The Labute approximate surface area is 252 Å². The molecule has 2 N–H and O–H groups in total. The molecule has 5 rings (SSSR count). The predicted octanol–water partition coefficient (Wildman–Crippen LogP) is 5.82. The molecule has 1 aliphatic rings. The van der Waals surface area contributed by atoms with Crippen LogP contribution >= 0.6 is 11.3 Å². The van der Waals surface area contributed by atoms with Crippen LogP contribution in [-0.2, 0) is 27.2 Å². The Hall–Kier alpha value is -4.83. The Balaban J connectivity index is 1.34. The van der Waals surface area contributed by atoms with Crippen LogP contribution in [0.5, 0.6) is 5.75 Å². The molecule has 1 atom stereocenters. The number of nitrogens with one attached hydrogen (secondary N) is 2. The lowest BCUT2D eigenvalue weighted by atomic mass is 9.88. The smallest absolute Gasteiger partial charge is 0.343 e. The molecular formula is C33H31N3O6S. The van der Waals surface area contributed by atoms with Gasteiger partial charge in [0.05, 0.1) is 23.9 Å². The maximum Gasteiger partial charge on any atom is 0.343 e. The third kappa shape index (κ3) is 6.65. The van der Waals surface area contributed by atoms with Gasteiger partial charge in [0.2, 0.25) is 0 Å². The van der Waals surface area contributed by atoms with Gasteiger partial charge in [0.1, 0.15) is 10.8 Å². The van der Waals surface area contributed by atoms with Crippen molar-refractivity contribution in [2.45, 2.75) is 40.0 Å². The lowest BCUT2D eigenvalue weighted by molar-refractivity contribution is -0.136. The van der Waals surface area contributed by atoms with Gasteiger partial charge in [-0.15, -0.1) is 11.3 Å². The van der Waals surface area contributed by atoms with E-state index in [0.717, 1.165) is 39.6 Å². The number of hydrogen-bond acceptors (Lipinski definition) is 8. The van der Waals surface area contributed by atoms with Crippen molar-refractivity contribution in [3.8, 4) is 5.75 Å². The molecule has 2 amide bonds. The summed E-state index contributed by atoms with van der Waals surface area (Å²) in [6.45, 7) is 5.97. The normalized spacial score (nSPS) is 14.3. The SMILES string of the molecule is CCOC(=O)c1c(NC(=O)C(=O)NN=Cc2c(OC(=O)c3ccc(C)cc3)ccc3ccccc23)sc2c1CCC(C)C2. The van der Waals surface area contributed by atoms with Crippen LogP contribution < -0.4 is 15.5 Å². The van der Waals surface area contributed by atoms with Crippen molar-refractivity contribution in [2.75, 3.05) is 11.9 Å². The van der Waals surface area contributed by atoms with Gasteiger partial charge in [-0.05, 0) is 73.6 Å². The number of ether oxygens (including phenoxy) is 2. The van der Waals surface area contributed by atoms with E-state index in [0.29, 0.717) is 34.0 Å². The number of esters is 2. The number of benzene rings is 3. The molecule has 0 radical (unpaired) electrons. The number of fused-ring (bicyclic) bond motifs is 2. The molecule has 0 aliphatic heterocycles. The molecule has 43 heavy (non-hydrogen) atoms. The molecule has 0 spiro atoms. The van der Waals surface area contributed by atoms with Gasteiger partial charge in [0.15, 0.2) is 0 Å². The number of hydrazone groups is 1. The van der Waals surface area contributed by atoms with Crippen LogP contribution in [0.4, 0.5) is 5.00 Å². The number of carbonyl (C=O) groups is 4. The van der Waals surface area contributed by atoms with Crippen LogP contribution in [0.25, 0.3) is 10.8 Å². The summed E-state index contributed by atoms with van der Waals surface area (Å²) in [6.07, 6.45) is 3.76. The van der Waals surface area contributed by atoms with E-state index in [2.05, 4.69) is 22.8 Å². The molecule has 220 valence electrons. The average Bonchev–Trinajstić information content (AvgIpc) is 3.35. The van der Waals surface area contributed by atoms with E-state index in [4.69, 9.17) is 9.47 Å². The van der Waals surface area contributed by atoms with Crippen LogP contribution in [0.15, 0.2) is 65.8 Å². The quantitative estimate of drug-likeness (QED) is 0.0910. The van der Waals surface area contributed by atoms with E-state index in [1.807, 2.05) is 49.4 Å². The van der Waals surface area contributed by atoms with E-state index in [-0.39, 0.29) is 12.4 Å². The average molecular weight is 598 g/mol. The molecule has 0 saturated heterocycles. The molecular weight excluding hydrogens is 566 g/mol. The van der Waals surface area contributed by atoms with Gasteiger partial charge < -0.3 is 14.8 Å². The zero-order valence-electron chi connectivity index (χ0n) is 24.1. The van der Waals surface area contributed by atoms with E-state index in [1.165, 1.54) is 17.6 Å². The molecule has 10 heteroatoms. The molecule has 0 bridgehead atoms. The van der Waals surface area contributed by atoms with Crippen LogP contribution in [0.2, 0.25) is 0 Å². The van der Waals surface area contributed by atoms with Gasteiger partial charge in [0.25, 0.3) is 0 Å². The Morgan fingerprint density at radius 1 is 1.00 bits per heavy atom. The highest BCUT2D eigenvalue weighted by molar-refractivity contribution is 7.17. The van der Waals surface area contributed by atoms with Gasteiger partial charge in [-0.1, -0.05) is 55.0 Å². The first-order valence-corrected chi connectivity index (χ1v) is 14.8. The number of carbonyl (C=O) groups excluding carboxylic acids is 4. The zero-order valence-corrected chi connectivity index (χ0v) is 24.9. The van der Waals surface area contributed by atoms with Crippen molar-refractivity contribution in [1.29, 1.82) is 0 Å². The lowest BCUT2D eigenvalue weighted by Gasteiger charge is -2.18. The van der Waals surface area contributed by atoms with Crippen molar-refractivity contribution >= 4 is 57.1 Å². The van der Waals surface area contributed by atoms with Gasteiger partial charge in [-0.25, -0.2) is 15.0 Å². The van der Waals surface area contributed by atoms with E-state index in [9.17, 15) is 19.2 Å². The summed E-state index contributed by atoms with van der Waals surface area (Å²) in [5.41, 5.74) is 5.28. The molecule has 3 aromatic carbocycles. The highest BCUT2D eigenvalue weighted by Crippen LogP contribution is 2.40. The minimum Gasteiger partial charge on any atom is -0.462 e. The molecule has 0 saturated carbocycles. The predicted molar refractivity (Wildman–Crippen MR) is 166 cm³/mol. The van der Waals surface area contributed by atoms with Crippen molar-refractivity contribution in [2.24, 2.45) is 11.0 Å². The van der Waals surface area contributed by atoms with E-state index >= 15 is 0 Å². The Bertz CT molecular complexity index is 1740. The second-order valence-corrected chi connectivity index (χ2v) is 11.5. The fraction of sp³-hybridized carbons (Fsp3) is 0.242. The maximum absolute atomic E-state index is 12.9. The number of hydrogen-bond donors (Lipinski definition) is 2. The van der Waals surface area contributed by atoms with Crippen molar-refractivity contribution < 1.29 is 28.7 Å². The summed E-state index contributed by atoms with van der Waals surface area (Å²) < 4.78 is 10.9. The summed E-state index contributed by atoms with van der Waals surface area (Å²) in [7, 11) is 0. The first-order valence-electron chi connectivity index (χ1n) is 14.0. The van der Waals surface area contributed by atoms with Crippen LogP contribution in [0.3, 0.4) is 0 Å². The third-order valence-electron chi connectivity index (χ3n) is 7.20. The van der Waals surface area contributed by atoms with Crippen LogP contribution in [0, 0.1) is 12.8 Å². The Morgan fingerprint density at radius 3 is 2.53 bits per heavy atom. The molecule has 1 aliphatic carbocycles. The number of thiophene rings is 1. The fourth-order valence-corrected chi connectivity index (χ4v) is 6.36. The lowest BCUT2D eigenvalue weighted by Crippen LogP contribution is -2.32. The third-order valence-corrected chi connectivity index (χ3v) is 8.37.